The average molecular weight is 401 g/mol. The van der Waals surface area contributed by atoms with Crippen LogP contribution >= 0.6 is 0 Å². The number of rotatable bonds is 7. The minimum atomic E-state index is -3.86. The fraction of sp³-hybridized carbons (Fsp3) is 0.300. The van der Waals surface area contributed by atoms with Crippen molar-refractivity contribution in [3.05, 3.63) is 59.2 Å². The molecule has 2 aromatic rings. The van der Waals surface area contributed by atoms with Crippen molar-refractivity contribution in [2.24, 2.45) is 0 Å². The van der Waals surface area contributed by atoms with Gasteiger partial charge in [0.05, 0.1) is 18.2 Å². The van der Waals surface area contributed by atoms with E-state index in [4.69, 9.17) is 5.26 Å². The topological polar surface area (TPSA) is 93.5 Å². The Hall–Kier alpha value is -2.89. The van der Waals surface area contributed by atoms with Crippen LogP contribution in [0.3, 0.4) is 0 Å². The minimum Gasteiger partial charge on any atom is -0.325 e. The maximum absolute atomic E-state index is 12.8. The Morgan fingerprint density at radius 3 is 2.32 bits per heavy atom. The molecule has 148 valence electrons. The molecule has 0 aromatic heterocycles. The van der Waals surface area contributed by atoms with Gasteiger partial charge in [0, 0.05) is 19.8 Å². The molecular weight excluding hydrogens is 376 g/mol. The molecule has 0 saturated carbocycles. The molecule has 2 rings (SSSR count). The van der Waals surface area contributed by atoms with Gasteiger partial charge >= 0.3 is 10.2 Å². The number of hydrogen-bond acceptors (Lipinski definition) is 4. The van der Waals surface area contributed by atoms with Crippen LogP contribution in [0, 0.1) is 25.2 Å². The summed E-state index contributed by atoms with van der Waals surface area (Å²) in [5, 5.41) is 11.4. The number of anilines is 2. The predicted octanol–water partition coefficient (Wildman–Crippen LogP) is 2.62. The van der Waals surface area contributed by atoms with Crippen molar-refractivity contribution in [1.82, 2.24) is 4.31 Å². The maximum Gasteiger partial charge on any atom is 0.304 e. The third-order valence-corrected chi connectivity index (χ3v) is 5.99. The standard InChI is InChI=1S/C20H24N4O3S/c1-15-5-6-16(2)19(13-15)24(28(26,27)23(3)4)14-20(25)22-18-9-7-17(8-10-18)11-12-21/h5-10,13H,11,14H2,1-4H3,(H,22,25). The van der Waals surface area contributed by atoms with E-state index in [0.29, 0.717) is 11.4 Å². The summed E-state index contributed by atoms with van der Waals surface area (Å²) in [7, 11) is -1.00. The van der Waals surface area contributed by atoms with Gasteiger partial charge in [-0.3, -0.25) is 4.79 Å². The highest BCUT2D eigenvalue weighted by Gasteiger charge is 2.28. The molecule has 0 atom stereocenters. The average Bonchev–Trinajstić information content (AvgIpc) is 2.63. The number of nitrogens with one attached hydrogen (secondary N) is 1. The van der Waals surface area contributed by atoms with Crippen LogP contribution in [0.25, 0.3) is 0 Å². The Bertz CT molecular complexity index is 993. The molecule has 1 amide bonds. The van der Waals surface area contributed by atoms with Gasteiger partial charge in [0.2, 0.25) is 5.91 Å². The van der Waals surface area contributed by atoms with Gasteiger partial charge in [-0.05, 0) is 48.7 Å². The first-order valence-electron chi connectivity index (χ1n) is 8.68. The van der Waals surface area contributed by atoms with Crippen LogP contribution in [-0.4, -0.2) is 39.3 Å². The van der Waals surface area contributed by atoms with Crippen LogP contribution in [0.5, 0.6) is 0 Å². The Morgan fingerprint density at radius 1 is 1.11 bits per heavy atom. The second-order valence-electron chi connectivity index (χ2n) is 6.67. The first-order valence-corrected chi connectivity index (χ1v) is 10.1. The monoisotopic (exact) mass is 400 g/mol. The number of carbonyl (C=O) groups is 1. The van der Waals surface area contributed by atoms with Crippen molar-refractivity contribution in [2.75, 3.05) is 30.3 Å². The van der Waals surface area contributed by atoms with E-state index in [1.807, 2.05) is 19.1 Å². The SMILES string of the molecule is Cc1ccc(C)c(N(CC(=O)Nc2ccc(CC#N)cc2)S(=O)(=O)N(C)C)c1. The number of nitriles is 1. The number of carbonyl (C=O) groups excluding carboxylic acids is 1. The lowest BCUT2D eigenvalue weighted by molar-refractivity contribution is -0.114. The molecule has 0 fully saturated rings. The molecule has 0 radical (unpaired) electrons. The zero-order valence-electron chi connectivity index (χ0n) is 16.4. The first kappa shape index (κ1) is 21.4. The summed E-state index contributed by atoms with van der Waals surface area (Å²) >= 11 is 0. The molecule has 2 aromatic carbocycles. The van der Waals surface area contributed by atoms with Crippen LogP contribution in [0.15, 0.2) is 42.5 Å². The molecule has 0 bridgehead atoms. The van der Waals surface area contributed by atoms with Crippen molar-refractivity contribution in [1.29, 1.82) is 5.26 Å². The highest BCUT2D eigenvalue weighted by Crippen LogP contribution is 2.25. The van der Waals surface area contributed by atoms with Gasteiger partial charge in [0.25, 0.3) is 0 Å². The van der Waals surface area contributed by atoms with Gasteiger partial charge in [-0.15, -0.1) is 0 Å². The Labute approximate surface area is 166 Å². The van der Waals surface area contributed by atoms with Crippen molar-refractivity contribution >= 4 is 27.5 Å². The van der Waals surface area contributed by atoms with Crippen LogP contribution in [0.2, 0.25) is 0 Å². The molecule has 8 heteroatoms. The van der Waals surface area contributed by atoms with E-state index < -0.39 is 16.1 Å². The second kappa shape index (κ2) is 8.87. The fourth-order valence-corrected chi connectivity index (χ4v) is 3.72. The molecule has 7 nitrogen and oxygen atoms in total. The largest absolute Gasteiger partial charge is 0.325 e. The molecule has 0 aliphatic heterocycles. The number of nitrogens with zero attached hydrogens (tertiary/aromatic N) is 3. The molecule has 0 heterocycles. The third kappa shape index (κ3) is 5.09. The van der Waals surface area contributed by atoms with Gasteiger partial charge in [-0.1, -0.05) is 24.3 Å². The molecule has 0 aliphatic rings. The summed E-state index contributed by atoms with van der Waals surface area (Å²) in [6.07, 6.45) is 0.287. The van der Waals surface area contributed by atoms with Crippen molar-refractivity contribution in [3.63, 3.8) is 0 Å². The van der Waals surface area contributed by atoms with Gasteiger partial charge < -0.3 is 5.32 Å². The fourth-order valence-electron chi connectivity index (χ4n) is 2.60. The van der Waals surface area contributed by atoms with Crippen molar-refractivity contribution < 1.29 is 13.2 Å². The van der Waals surface area contributed by atoms with Gasteiger partial charge in [0.15, 0.2) is 0 Å². The summed E-state index contributed by atoms with van der Waals surface area (Å²) in [5.74, 6) is -0.459. The zero-order valence-corrected chi connectivity index (χ0v) is 17.2. The number of aryl methyl sites for hydroxylation is 2. The lowest BCUT2D eigenvalue weighted by Gasteiger charge is -2.28. The summed E-state index contributed by atoms with van der Waals surface area (Å²) in [5.41, 5.74) is 3.49. The van der Waals surface area contributed by atoms with E-state index in [-0.39, 0.29) is 13.0 Å². The normalized spacial score (nSPS) is 11.1. The lowest BCUT2D eigenvalue weighted by Crippen LogP contribution is -2.44. The Balaban J connectivity index is 2.28. The molecule has 1 N–H and O–H groups in total. The quantitative estimate of drug-likeness (QED) is 0.773. The van der Waals surface area contributed by atoms with E-state index in [2.05, 4.69) is 11.4 Å². The predicted molar refractivity (Wildman–Crippen MR) is 110 cm³/mol. The Morgan fingerprint density at radius 2 is 1.75 bits per heavy atom. The Kier molecular flexibility index (Phi) is 6.78. The number of hydrogen-bond donors (Lipinski definition) is 1. The maximum atomic E-state index is 12.8. The third-order valence-electron chi connectivity index (χ3n) is 4.18. The van der Waals surface area contributed by atoms with Gasteiger partial charge in [0.1, 0.15) is 6.54 Å². The number of amides is 1. The van der Waals surface area contributed by atoms with E-state index >= 15 is 0 Å². The molecule has 28 heavy (non-hydrogen) atoms. The highest BCUT2D eigenvalue weighted by molar-refractivity contribution is 7.90. The smallest absolute Gasteiger partial charge is 0.304 e. The first-order chi connectivity index (χ1) is 13.1. The van der Waals surface area contributed by atoms with E-state index in [1.165, 1.54) is 14.1 Å². The zero-order chi connectivity index (χ0) is 20.9. The van der Waals surface area contributed by atoms with Crippen LogP contribution in [0.4, 0.5) is 11.4 Å². The van der Waals surface area contributed by atoms with Gasteiger partial charge in [-0.25, -0.2) is 4.31 Å². The summed E-state index contributed by atoms with van der Waals surface area (Å²) < 4.78 is 27.9. The van der Waals surface area contributed by atoms with E-state index in [0.717, 1.165) is 25.3 Å². The van der Waals surface area contributed by atoms with Crippen LogP contribution in [0.1, 0.15) is 16.7 Å². The lowest BCUT2D eigenvalue weighted by atomic mass is 10.1. The molecule has 0 saturated heterocycles. The molecule has 0 spiro atoms. The van der Waals surface area contributed by atoms with Crippen molar-refractivity contribution in [2.45, 2.75) is 20.3 Å². The van der Waals surface area contributed by atoms with E-state index in [9.17, 15) is 13.2 Å². The molecule has 0 aliphatic carbocycles. The molecule has 0 unspecified atom stereocenters. The molecular formula is C20H24N4O3S. The summed E-state index contributed by atoms with van der Waals surface area (Å²) in [6.45, 7) is 3.32. The second-order valence-corrected chi connectivity index (χ2v) is 8.73. The van der Waals surface area contributed by atoms with Gasteiger partial charge in [-0.2, -0.15) is 18.0 Å². The summed E-state index contributed by atoms with van der Waals surface area (Å²) in [4.78, 5) is 12.6. The van der Waals surface area contributed by atoms with Crippen LogP contribution < -0.4 is 9.62 Å². The van der Waals surface area contributed by atoms with E-state index in [1.54, 1.807) is 37.3 Å². The summed E-state index contributed by atoms with van der Waals surface area (Å²) in [6, 6.07) is 14.4. The highest BCUT2D eigenvalue weighted by atomic mass is 32.2. The minimum absolute atomic E-state index is 0.287. The van der Waals surface area contributed by atoms with Crippen LogP contribution in [-0.2, 0) is 21.4 Å². The van der Waals surface area contributed by atoms with Crippen molar-refractivity contribution in [3.8, 4) is 6.07 Å². The number of benzene rings is 2.